The molecule has 3 rings (SSSR count). The number of likely N-dealkylation sites (tertiary alicyclic amines) is 1. The molecule has 0 saturated carbocycles. The second kappa shape index (κ2) is 7.24. The van der Waals surface area contributed by atoms with Gasteiger partial charge in [0.2, 0.25) is 5.91 Å². The Labute approximate surface area is 136 Å². The van der Waals surface area contributed by atoms with Gasteiger partial charge >= 0.3 is 0 Å². The van der Waals surface area contributed by atoms with E-state index in [0.29, 0.717) is 6.04 Å². The van der Waals surface area contributed by atoms with E-state index in [4.69, 9.17) is 0 Å². The highest BCUT2D eigenvalue weighted by atomic mass is 16.2. The molecule has 0 spiro atoms. The molecular weight excluding hydrogens is 288 g/mol. The van der Waals surface area contributed by atoms with E-state index in [9.17, 15) is 4.79 Å². The van der Waals surface area contributed by atoms with Gasteiger partial charge in [-0.05, 0) is 43.7 Å². The first-order valence-electron chi connectivity index (χ1n) is 7.99. The number of hydrogen-bond donors (Lipinski definition) is 1. The Balaban J connectivity index is 1.62. The van der Waals surface area contributed by atoms with Crippen LogP contribution < -0.4 is 5.32 Å². The molecule has 0 radical (unpaired) electrons. The number of carbonyl (C=O) groups is 1. The monoisotopic (exact) mass is 310 g/mol. The molecule has 1 fully saturated rings. The number of nitrogens with one attached hydrogen (secondary N) is 1. The van der Waals surface area contributed by atoms with Crippen molar-refractivity contribution in [2.45, 2.75) is 18.9 Å². The van der Waals surface area contributed by atoms with Crippen LogP contribution in [0, 0.1) is 0 Å². The van der Waals surface area contributed by atoms with Crippen LogP contribution in [0.2, 0.25) is 0 Å². The molecule has 1 amide bonds. The van der Waals surface area contributed by atoms with E-state index < -0.39 is 0 Å². The first kappa shape index (κ1) is 15.5. The average molecular weight is 310 g/mol. The fraction of sp³-hybridized carbons (Fsp3) is 0.333. The second-order valence-electron chi connectivity index (χ2n) is 5.81. The number of rotatable bonds is 4. The number of amides is 1. The van der Waals surface area contributed by atoms with Crippen LogP contribution in [0.25, 0.3) is 11.8 Å². The largest absolute Gasteiger partial charge is 0.338 e. The van der Waals surface area contributed by atoms with Crippen molar-refractivity contribution in [1.82, 2.24) is 19.8 Å². The maximum absolute atomic E-state index is 12.3. The van der Waals surface area contributed by atoms with Crippen LogP contribution in [-0.2, 0) is 4.79 Å². The lowest BCUT2D eigenvalue weighted by molar-refractivity contribution is -0.127. The van der Waals surface area contributed by atoms with Gasteiger partial charge in [-0.2, -0.15) is 0 Å². The molecule has 1 unspecified atom stereocenters. The highest BCUT2D eigenvalue weighted by Gasteiger charge is 2.20. The molecule has 120 valence electrons. The first-order valence-corrected chi connectivity index (χ1v) is 7.99. The first-order chi connectivity index (χ1) is 11.3. The number of aromatic nitrogens is 2. The summed E-state index contributed by atoms with van der Waals surface area (Å²) in [4.78, 5) is 18.2. The standard InChI is InChI=1S/C18H22N4O/c1-19-16-3-2-11-21(13-16)18(23)9-6-15-4-7-17(8-5-15)22-12-10-20-14-22/h4-10,12,14,16,19H,2-3,11,13H2,1H3/b9-6+. The van der Waals surface area contributed by atoms with Crippen LogP contribution in [0.5, 0.6) is 0 Å². The van der Waals surface area contributed by atoms with E-state index in [0.717, 1.165) is 37.2 Å². The quantitative estimate of drug-likeness (QED) is 0.880. The third-order valence-corrected chi connectivity index (χ3v) is 4.26. The van der Waals surface area contributed by atoms with Gasteiger partial charge in [0.1, 0.15) is 0 Å². The van der Waals surface area contributed by atoms with Gasteiger partial charge in [0.15, 0.2) is 0 Å². The Morgan fingerprint density at radius 1 is 1.35 bits per heavy atom. The predicted molar refractivity (Wildman–Crippen MR) is 91.3 cm³/mol. The lowest BCUT2D eigenvalue weighted by Gasteiger charge is -2.31. The number of likely N-dealkylation sites (N-methyl/N-ethyl adjacent to an activating group) is 1. The van der Waals surface area contributed by atoms with Gasteiger partial charge < -0.3 is 14.8 Å². The van der Waals surface area contributed by atoms with Crippen molar-refractivity contribution >= 4 is 12.0 Å². The molecule has 2 aromatic rings. The Morgan fingerprint density at radius 3 is 2.87 bits per heavy atom. The maximum Gasteiger partial charge on any atom is 0.246 e. The van der Waals surface area contributed by atoms with E-state index in [-0.39, 0.29) is 5.91 Å². The Kier molecular flexibility index (Phi) is 4.88. The molecule has 1 aromatic heterocycles. The van der Waals surface area contributed by atoms with E-state index in [2.05, 4.69) is 10.3 Å². The molecular formula is C18H22N4O. The minimum Gasteiger partial charge on any atom is -0.338 e. The maximum atomic E-state index is 12.3. The summed E-state index contributed by atoms with van der Waals surface area (Å²) in [5.41, 5.74) is 2.07. The normalized spacial score (nSPS) is 18.5. The molecule has 5 heteroatoms. The number of carbonyl (C=O) groups excluding carboxylic acids is 1. The molecule has 1 atom stereocenters. The summed E-state index contributed by atoms with van der Waals surface area (Å²) in [6, 6.07) is 8.46. The van der Waals surface area contributed by atoms with Gasteiger partial charge in [-0.1, -0.05) is 12.1 Å². The number of imidazole rings is 1. The minimum atomic E-state index is 0.0867. The zero-order chi connectivity index (χ0) is 16.1. The lowest BCUT2D eigenvalue weighted by Crippen LogP contribution is -2.46. The van der Waals surface area contributed by atoms with Crippen LogP contribution in [0.3, 0.4) is 0 Å². The zero-order valence-electron chi connectivity index (χ0n) is 13.4. The van der Waals surface area contributed by atoms with Crippen molar-refractivity contribution in [3.63, 3.8) is 0 Å². The fourth-order valence-corrected chi connectivity index (χ4v) is 2.86. The highest BCUT2D eigenvalue weighted by molar-refractivity contribution is 5.91. The van der Waals surface area contributed by atoms with Gasteiger partial charge in [0.05, 0.1) is 6.33 Å². The van der Waals surface area contributed by atoms with Gasteiger partial charge in [0.25, 0.3) is 0 Å². The molecule has 1 aliphatic heterocycles. The summed E-state index contributed by atoms with van der Waals surface area (Å²) < 4.78 is 1.95. The van der Waals surface area contributed by atoms with Crippen LogP contribution in [0.1, 0.15) is 18.4 Å². The predicted octanol–water partition coefficient (Wildman–Crippen LogP) is 2.10. The fourth-order valence-electron chi connectivity index (χ4n) is 2.86. The molecule has 1 aromatic carbocycles. The molecule has 2 heterocycles. The molecule has 1 aliphatic rings. The van der Waals surface area contributed by atoms with Crippen molar-refractivity contribution in [3.8, 4) is 5.69 Å². The Morgan fingerprint density at radius 2 is 2.17 bits per heavy atom. The Bertz CT molecular complexity index is 661. The zero-order valence-corrected chi connectivity index (χ0v) is 13.4. The van der Waals surface area contributed by atoms with Crippen LogP contribution in [0.4, 0.5) is 0 Å². The summed E-state index contributed by atoms with van der Waals surface area (Å²) in [5, 5.41) is 3.26. The van der Waals surface area contributed by atoms with E-state index >= 15 is 0 Å². The average Bonchev–Trinajstić information content (AvgIpc) is 3.15. The molecule has 0 bridgehead atoms. The molecule has 0 aliphatic carbocycles. The molecule has 1 N–H and O–H groups in total. The third-order valence-electron chi connectivity index (χ3n) is 4.26. The summed E-state index contributed by atoms with van der Waals surface area (Å²) in [7, 11) is 1.95. The van der Waals surface area contributed by atoms with Gasteiger partial charge in [-0.15, -0.1) is 0 Å². The Hall–Kier alpha value is -2.40. The smallest absolute Gasteiger partial charge is 0.246 e. The third kappa shape index (κ3) is 3.87. The van der Waals surface area contributed by atoms with Crippen molar-refractivity contribution in [2.24, 2.45) is 0 Å². The van der Waals surface area contributed by atoms with Crippen molar-refractivity contribution in [2.75, 3.05) is 20.1 Å². The number of piperidine rings is 1. The van der Waals surface area contributed by atoms with Crippen LogP contribution >= 0.6 is 0 Å². The van der Waals surface area contributed by atoms with Gasteiger partial charge in [0, 0.05) is 43.3 Å². The van der Waals surface area contributed by atoms with Crippen LogP contribution in [0.15, 0.2) is 49.1 Å². The SMILES string of the molecule is CNC1CCCN(C(=O)/C=C/c2ccc(-n3ccnc3)cc2)C1. The van der Waals surface area contributed by atoms with Crippen molar-refractivity contribution in [3.05, 3.63) is 54.6 Å². The summed E-state index contributed by atoms with van der Waals surface area (Å²) in [5.74, 6) is 0.0867. The van der Waals surface area contributed by atoms with Crippen molar-refractivity contribution in [1.29, 1.82) is 0 Å². The summed E-state index contributed by atoms with van der Waals surface area (Å²) in [6.07, 6.45) is 11.2. The van der Waals surface area contributed by atoms with Crippen LogP contribution in [-0.4, -0.2) is 46.5 Å². The van der Waals surface area contributed by atoms with Crippen molar-refractivity contribution < 1.29 is 4.79 Å². The second-order valence-corrected chi connectivity index (χ2v) is 5.81. The molecule has 1 saturated heterocycles. The minimum absolute atomic E-state index is 0.0867. The van der Waals surface area contributed by atoms with E-state index in [1.807, 2.05) is 53.1 Å². The molecule has 23 heavy (non-hydrogen) atoms. The number of hydrogen-bond acceptors (Lipinski definition) is 3. The van der Waals surface area contributed by atoms with E-state index in [1.165, 1.54) is 0 Å². The number of benzene rings is 1. The van der Waals surface area contributed by atoms with E-state index in [1.54, 1.807) is 18.6 Å². The summed E-state index contributed by atoms with van der Waals surface area (Å²) in [6.45, 7) is 1.64. The molecule has 5 nitrogen and oxygen atoms in total. The number of nitrogens with zero attached hydrogens (tertiary/aromatic N) is 3. The topological polar surface area (TPSA) is 50.2 Å². The van der Waals surface area contributed by atoms with Gasteiger partial charge in [-0.25, -0.2) is 4.98 Å². The summed E-state index contributed by atoms with van der Waals surface area (Å²) >= 11 is 0. The highest BCUT2D eigenvalue weighted by Crippen LogP contribution is 2.13. The lowest BCUT2D eigenvalue weighted by atomic mass is 10.1. The van der Waals surface area contributed by atoms with Gasteiger partial charge in [-0.3, -0.25) is 4.79 Å².